The number of hydrogen-bond donors (Lipinski definition) is 0. The molecule has 0 N–H and O–H groups in total. The van der Waals surface area contributed by atoms with Gasteiger partial charge in [-0.3, -0.25) is 0 Å². The second-order valence-electron chi connectivity index (χ2n) is 7.92. The predicted octanol–water partition coefficient (Wildman–Crippen LogP) is 8.93. The minimum atomic E-state index is 1.01. The van der Waals surface area contributed by atoms with Gasteiger partial charge in [-0.2, -0.15) is 0 Å². The summed E-state index contributed by atoms with van der Waals surface area (Å²) in [4.78, 5) is 0. The zero-order valence-electron chi connectivity index (χ0n) is 17.2. The second-order valence-corrected chi connectivity index (χ2v) is 7.92. The first kappa shape index (κ1) is 23.0. The van der Waals surface area contributed by atoms with Crippen LogP contribution in [-0.2, 0) is 0 Å². The molecule has 0 aliphatic heterocycles. The van der Waals surface area contributed by atoms with E-state index in [0.717, 1.165) is 11.8 Å². The third-order valence-electron chi connectivity index (χ3n) is 5.64. The first-order valence-corrected chi connectivity index (χ1v) is 11.3. The maximum atomic E-state index is 2.43. The van der Waals surface area contributed by atoms with Crippen LogP contribution in [0.15, 0.2) is 0 Å². The van der Waals surface area contributed by atoms with Crippen LogP contribution in [-0.4, -0.2) is 0 Å². The van der Waals surface area contributed by atoms with Gasteiger partial charge in [-0.1, -0.05) is 130 Å². The van der Waals surface area contributed by atoms with Crippen molar-refractivity contribution >= 4 is 0 Å². The van der Waals surface area contributed by atoms with Crippen molar-refractivity contribution in [3.05, 3.63) is 0 Å². The Kier molecular flexibility index (Phi) is 18.3. The average molecular weight is 325 g/mol. The van der Waals surface area contributed by atoms with E-state index in [2.05, 4.69) is 27.7 Å². The first-order chi connectivity index (χ1) is 11.3. The minimum absolute atomic E-state index is 1.01. The summed E-state index contributed by atoms with van der Waals surface area (Å²) in [6.45, 7) is 9.40. The topological polar surface area (TPSA) is 0 Å². The van der Waals surface area contributed by atoms with Gasteiger partial charge in [0.1, 0.15) is 0 Å². The van der Waals surface area contributed by atoms with E-state index in [-0.39, 0.29) is 0 Å². The Hall–Kier alpha value is 0. The smallest absolute Gasteiger partial charge is 0.0412 e. The Bertz CT molecular complexity index is 198. The Labute approximate surface area is 149 Å². The molecule has 0 nitrogen and oxygen atoms in total. The first-order valence-electron chi connectivity index (χ1n) is 11.3. The molecule has 140 valence electrons. The molecule has 0 radical (unpaired) electrons. The molecule has 23 heavy (non-hydrogen) atoms. The fraction of sp³-hybridized carbons (Fsp3) is 1.00. The van der Waals surface area contributed by atoms with Gasteiger partial charge in [-0.05, 0) is 18.3 Å². The highest BCUT2D eigenvalue weighted by Crippen LogP contribution is 2.29. The van der Waals surface area contributed by atoms with E-state index in [4.69, 9.17) is 0 Å². The van der Waals surface area contributed by atoms with Crippen LogP contribution in [0, 0.1) is 11.8 Å². The van der Waals surface area contributed by atoms with E-state index < -0.39 is 0 Å². The zero-order chi connectivity index (χ0) is 17.2. The van der Waals surface area contributed by atoms with Crippen molar-refractivity contribution in [2.45, 2.75) is 137 Å². The summed E-state index contributed by atoms with van der Waals surface area (Å²) in [5.74, 6) is 2.03. The summed E-state index contributed by atoms with van der Waals surface area (Å²) in [5.41, 5.74) is 0. The van der Waals surface area contributed by atoms with Crippen LogP contribution in [0.2, 0.25) is 0 Å². The van der Waals surface area contributed by atoms with Crippen molar-refractivity contribution in [2.24, 2.45) is 11.8 Å². The van der Waals surface area contributed by atoms with Gasteiger partial charge in [0, 0.05) is 0 Å². The Balaban J connectivity index is 3.98. The van der Waals surface area contributed by atoms with Crippen molar-refractivity contribution in [2.75, 3.05) is 0 Å². The fourth-order valence-corrected chi connectivity index (χ4v) is 3.92. The van der Waals surface area contributed by atoms with Crippen LogP contribution in [0.5, 0.6) is 0 Å². The maximum Gasteiger partial charge on any atom is -0.0412 e. The Morgan fingerprint density at radius 1 is 0.435 bits per heavy atom. The molecular formula is C23H48. The van der Waals surface area contributed by atoms with Crippen LogP contribution < -0.4 is 0 Å². The third-order valence-corrected chi connectivity index (χ3v) is 5.64. The number of rotatable bonds is 18. The molecule has 0 bridgehead atoms. The zero-order valence-corrected chi connectivity index (χ0v) is 17.2. The highest BCUT2D eigenvalue weighted by molar-refractivity contribution is 4.67. The van der Waals surface area contributed by atoms with Gasteiger partial charge in [0.2, 0.25) is 0 Å². The van der Waals surface area contributed by atoms with Crippen LogP contribution in [0.25, 0.3) is 0 Å². The lowest BCUT2D eigenvalue weighted by atomic mass is 9.83. The molecular weight excluding hydrogens is 276 g/mol. The highest BCUT2D eigenvalue weighted by atomic mass is 14.2. The molecule has 0 spiro atoms. The quantitative estimate of drug-likeness (QED) is 0.221. The molecule has 0 aliphatic carbocycles. The molecule has 1 unspecified atom stereocenters. The molecule has 0 saturated heterocycles. The highest BCUT2D eigenvalue weighted by Gasteiger charge is 2.15. The monoisotopic (exact) mass is 324 g/mol. The van der Waals surface area contributed by atoms with E-state index in [0.29, 0.717) is 0 Å². The van der Waals surface area contributed by atoms with Crippen molar-refractivity contribution < 1.29 is 0 Å². The van der Waals surface area contributed by atoms with Gasteiger partial charge in [0.15, 0.2) is 0 Å². The van der Waals surface area contributed by atoms with E-state index in [1.54, 1.807) is 0 Å². The summed E-state index contributed by atoms with van der Waals surface area (Å²) >= 11 is 0. The molecule has 0 amide bonds. The van der Waals surface area contributed by atoms with Crippen molar-refractivity contribution in [1.29, 1.82) is 0 Å². The van der Waals surface area contributed by atoms with Crippen LogP contribution in [0.3, 0.4) is 0 Å². The van der Waals surface area contributed by atoms with Crippen molar-refractivity contribution in [3.63, 3.8) is 0 Å². The second kappa shape index (κ2) is 18.3. The molecule has 0 heterocycles. The predicted molar refractivity (Wildman–Crippen MR) is 108 cm³/mol. The summed E-state index contributed by atoms with van der Waals surface area (Å²) in [6.07, 6.45) is 24.7. The van der Waals surface area contributed by atoms with Gasteiger partial charge >= 0.3 is 0 Å². The summed E-state index contributed by atoms with van der Waals surface area (Å²) in [6, 6.07) is 0. The lowest BCUT2D eigenvalue weighted by Gasteiger charge is -2.23. The summed E-state index contributed by atoms with van der Waals surface area (Å²) in [5, 5.41) is 0. The van der Waals surface area contributed by atoms with E-state index in [1.165, 1.54) is 109 Å². The number of hydrogen-bond acceptors (Lipinski definition) is 0. The van der Waals surface area contributed by atoms with Crippen molar-refractivity contribution in [1.82, 2.24) is 0 Å². The molecule has 0 aliphatic rings. The van der Waals surface area contributed by atoms with Crippen LogP contribution in [0.1, 0.15) is 137 Å². The van der Waals surface area contributed by atoms with Gasteiger partial charge in [-0.25, -0.2) is 0 Å². The van der Waals surface area contributed by atoms with Crippen LogP contribution in [0.4, 0.5) is 0 Å². The largest absolute Gasteiger partial charge is 0.0654 e. The minimum Gasteiger partial charge on any atom is -0.0654 e. The fourth-order valence-electron chi connectivity index (χ4n) is 3.92. The molecule has 0 saturated carbocycles. The third kappa shape index (κ3) is 15.3. The number of unbranched alkanes of at least 4 members (excludes halogenated alkanes) is 9. The van der Waals surface area contributed by atoms with Gasteiger partial charge in [-0.15, -0.1) is 0 Å². The normalized spacial score (nSPS) is 12.9. The average Bonchev–Trinajstić information content (AvgIpc) is 2.56. The SMILES string of the molecule is CCCCCCCCC(CC)CC(CCCCC)CCCCC. The molecule has 0 aromatic carbocycles. The lowest BCUT2D eigenvalue weighted by Crippen LogP contribution is -2.09. The maximum absolute atomic E-state index is 2.43. The summed E-state index contributed by atoms with van der Waals surface area (Å²) in [7, 11) is 0. The standard InChI is InChI=1S/C23H48/c1-5-9-12-13-14-17-18-22(8-4)21-23(19-15-10-6-2)20-16-11-7-3/h22-23H,5-21H2,1-4H3. The molecule has 0 aromatic rings. The van der Waals surface area contributed by atoms with Gasteiger partial charge < -0.3 is 0 Å². The molecule has 0 aromatic heterocycles. The van der Waals surface area contributed by atoms with Crippen molar-refractivity contribution in [3.8, 4) is 0 Å². The van der Waals surface area contributed by atoms with E-state index >= 15 is 0 Å². The Morgan fingerprint density at radius 3 is 1.35 bits per heavy atom. The molecule has 1 atom stereocenters. The summed E-state index contributed by atoms with van der Waals surface area (Å²) < 4.78 is 0. The van der Waals surface area contributed by atoms with E-state index in [9.17, 15) is 0 Å². The molecule has 0 rings (SSSR count). The van der Waals surface area contributed by atoms with Crippen LogP contribution >= 0.6 is 0 Å². The van der Waals surface area contributed by atoms with E-state index in [1.807, 2.05) is 0 Å². The van der Waals surface area contributed by atoms with Gasteiger partial charge in [0.25, 0.3) is 0 Å². The van der Waals surface area contributed by atoms with Gasteiger partial charge in [0.05, 0.1) is 0 Å². The lowest BCUT2D eigenvalue weighted by molar-refractivity contribution is 0.295. The molecule has 0 heteroatoms. The molecule has 0 fully saturated rings. The Morgan fingerprint density at radius 2 is 0.826 bits per heavy atom.